The fraction of sp³-hybridized carbons (Fsp3) is 0.355. The van der Waals surface area contributed by atoms with Crippen LogP contribution in [0, 0.1) is 69.2 Å². The molecule has 5 aliphatic rings. The molecule has 10 aromatic carbocycles. The van der Waals surface area contributed by atoms with E-state index < -0.39 is 0 Å². The van der Waals surface area contributed by atoms with E-state index in [2.05, 4.69) is 316 Å². The van der Waals surface area contributed by atoms with Gasteiger partial charge >= 0.3 is 0 Å². The summed E-state index contributed by atoms with van der Waals surface area (Å²) in [5.41, 5.74) is 48.3. The van der Waals surface area contributed by atoms with Crippen LogP contribution in [0.1, 0.15) is 236 Å². The number of hydrogen-bond acceptors (Lipinski definition) is 0. The van der Waals surface area contributed by atoms with Crippen LogP contribution < -0.4 is 0 Å². The van der Waals surface area contributed by atoms with Crippen molar-refractivity contribution in [1.29, 1.82) is 0 Å². The second kappa shape index (κ2) is 25.5. The van der Waals surface area contributed by atoms with Crippen LogP contribution in [0.5, 0.6) is 0 Å². The molecule has 0 N–H and O–H groups in total. The maximum atomic E-state index is 2.45. The van der Waals surface area contributed by atoms with Crippen LogP contribution in [0.15, 0.2) is 164 Å². The number of hydrogen-bond donors (Lipinski definition) is 0. The first kappa shape index (κ1) is 66.6. The van der Waals surface area contributed by atoms with Crippen LogP contribution >= 0.6 is 0 Å². The summed E-state index contributed by atoms with van der Waals surface area (Å²) in [6, 6.07) is 62.8. The number of benzene rings is 10. The number of fused-ring (bicyclic) bond motifs is 15. The standard InChI is InChI=1S/C21H26.2C19H22.2C17H18/c1-7-15-11-19-17(9-13(15)3)18-10-14(4)16(8-2)12-20(18)21(19,5)6;1-6-14-11-18-16(10-13(14)3)15-9-12(2)7-8-17(15)19(18,4)5;1-5-19(6-2)17-9-7-13(3)11-15(17)16-12-14(4)8-10-18(16)19;1-11-5-7-15-13(9-11)14-10-12(2)6-8-16(14)17(15,3)4;1-4-13-14-7-5-11(2)9-16(14)17-10-12(3)6-8-15(13)17/h9-12H,7-8H2,1-6H3;7-11H,6H2,1-5H3;7-12H,5-6H2,1-4H3;5-10H,1-4H3;5-10,13H,4H2,1-3H3. The minimum Gasteiger partial charge on any atom is -0.0645 e. The highest BCUT2D eigenvalue weighted by atomic mass is 14.4. The minimum atomic E-state index is 0.125. The smallest absolute Gasteiger partial charge is 0.0210 e. The highest BCUT2D eigenvalue weighted by molar-refractivity contribution is 5.86. The van der Waals surface area contributed by atoms with Gasteiger partial charge in [-0.15, -0.1) is 0 Å². The first-order valence-corrected chi connectivity index (χ1v) is 35.4. The Kier molecular flexibility index (Phi) is 18.3. The normalized spacial score (nSPS) is 14.9. The summed E-state index contributed by atoms with van der Waals surface area (Å²) in [7, 11) is 0. The number of rotatable bonds is 6. The fourth-order valence-corrected chi connectivity index (χ4v) is 17.1. The molecule has 0 radical (unpaired) electrons. The third kappa shape index (κ3) is 11.6. The zero-order chi connectivity index (χ0) is 67.0. The minimum absolute atomic E-state index is 0.125. The van der Waals surface area contributed by atoms with Gasteiger partial charge in [0.25, 0.3) is 0 Å². The first-order chi connectivity index (χ1) is 44.2. The molecule has 10 aromatic rings. The SMILES string of the molecule is CCC1(CC)c2ccc(C)cc2-c2cc(C)ccc21.CCC1c2ccc(C)cc2-c2cc(C)ccc21.CCc1cc2c(cc1C)-c1cc(C)c(CC)cc1C2(C)C.CCc1cc2c(cc1C)-c1cc(C)ccc1C2(C)C.Cc1ccc2c(c1)-c1cc(C)ccc1C2(C)C. The molecule has 0 fully saturated rings. The van der Waals surface area contributed by atoms with Crippen LogP contribution in [0.25, 0.3) is 55.6 Å². The van der Waals surface area contributed by atoms with Crippen molar-refractivity contribution in [3.63, 3.8) is 0 Å². The van der Waals surface area contributed by atoms with Crippen molar-refractivity contribution >= 4 is 0 Å². The molecule has 0 saturated carbocycles. The van der Waals surface area contributed by atoms with Crippen molar-refractivity contribution in [2.45, 2.75) is 218 Å². The van der Waals surface area contributed by atoms with Gasteiger partial charge in [-0.05, 0) is 252 Å². The Labute approximate surface area is 562 Å². The third-order valence-electron chi connectivity index (χ3n) is 22.8. The molecule has 0 nitrogen and oxygen atoms in total. The van der Waals surface area contributed by atoms with E-state index in [-0.39, 0.29) is 21.7 Å². The molecule has 93 heavy (non-hydrogen) atoms. The quantitative estimate of drug-likeness (QED) is 0.156. The molecule has 0 spiro atoms. The van der Waals surface area contributed by atoms with Gasteiger partial charge < -0.3 is 0 Å². The van der Waals surface area contributed by atoms with Crippen molar-refractivity contribution in [3.05, 3.63) is 292 Å². The van der Waals surface area contributed by atoms with Gasteiger partial charge in [-0.2, -0.15) is 0 Å². The summed E-state index contributed by atoms with van der Waals surface area (Å²) in [4.78, 5) is 0. The highest BCUT2D eigenvalue weighted by Gasteiger charge is 2.42. The van der Waals surface area contributed by atoms with E-state index in [1.807, 2.05) is 0 Å². The lowest BCUT2D eigenvalue weighted by Crippen LogP contribution is -2.22. The van der Waals surface area contributed by atoms with Gasteiger partial charge in [-0.3, -0.25) is 0 Å². The van der Waals surface area contributed by atoms with E-state index in [0.717, 1.165) is 19.3 Å². The molecule has 0 heterocycles. The van der Waals surface area contributed by atoms with E-state index in [9.17, 15) is 0 Å². The average molecular weight is 1220 g/mol. The van der Waals surface area contributed by atoms with Crippen molar-refractivity contribution < 1.29 is 0 Å². The molecule has 5 aliphatic carbocycles. The van der Waals surface area contributed by atoms with Gasteiger partial charge in [0, 0.05) is 27.6 Å². The molecule has 0 amide bonds. The molecular formula is C93H106. The van der Waals surface area contributed by atoms with E-state index in [4.69, 9.17) is 0 Å². The summed E-state index contributed by atoms with van der Waals surface area (Å²) >= 11 is 0. The summed E-state index contributed by atoms with van der Waals surface area (Å²) in [6.45, 7) is 49.7. The van der Waals surface area contributed by atoms with E-state index in [1.165, 1.54) is 203 Å². The van der Waals surface area contributed by atoms with E-state index in [0.29, 0.717) is 5.92 Å². The zero-order valence-electron chi connectivity index (χ0n) is 60.9. The highest BCUT2D eigenvalue weighted by Crippen LogP contribution is 2.55. The lowest BCUT2D eigenvalue weighted by Gasteiger charge is -2.29. The van der Waals surface area contributed by atoms with Crippen molar-refractivity contribution in [1.82, 2.24) is 0 Å². The van der Waals surface area contributed by atoms with Gasteiger partial charge in [0.2, 0.25) is 0 Å². The van der Waals surface area contributed by atoms with Gasteiger partial charge in [-0.1, -0.05) is 286 Å². The average Bonchev–Trinajstić information content (AvgIpc) is 1.61. The Morgan fingerprint density at radius 3 is 0.742 bits per heavy atom. The molecule has 0 aliphatic heterocycles. The third-order valence-corrected chi connectivity index (χ3v) is 22.8. The van der Waals surface area contributed by atoms with Crippen LogP contribution in [-0.2, 0) is 40.9 Å². The molecule has 0 heteroatoms. The predicted octanol–water partition coefficient (Wildman–Crippen LogP) is 25.7. The maximum absolute atomic E-state index is 2.45. The molecule has 15 rings (SSSR count). The Bertz CT molecular complexity index is 4310. The van der Waals surface area contributed by atoms with Crippen LogP contribution in [0.2, 0.25) is 0 Å². The maximum Gasteiger partial charge on any atom is 0.0210 e. The van der Waals surface area contributed by atoms with Crippen molar-refractivity contribution in [2.24, 2.45) is 0 Å². The predicted molar refractivity (Wildman–Crippen MR) is 405 cm³/mol. The fourth-order valence-electron chi connectivity index (χ4n) is 17.1. The summed E-state index contributed by atoms with van der Waals surface area (Å²) in [6.07, 6.45) is 6.89. The van der Waals surface area contributed by atoms with E-state index >= 15 is 0 Å². The Morgan fingerprint density at radius 1 is 0.247 bits per heavy atom. The summed E-state index contributed by atoms with van der Waals surface area (Å²) < 4.78 is 0. The monoisotopic (exact) mass is 1220 g/mol. The Hall–Kier alpha value is -7.80. The lowest BCUT2D eigenvalue weighted by atomic mass is 9.74. The second-order valence-electron chi connectivity index (χ2n) is 30.1. The molecule has 0 unspecified atom stereocenters. The molecule has 0 bridgehead atoms. The van der Waals surface area contributed by atoms with E-state index in [1.54, 1.807) is 0 Å². The molecule has 0 atom stereocenters. The molecule has 478 valence electrons. The molecule has 0 aromatic heterocycles. The summed E-state index contributed by atoms with van der Waals surface area (Å²) in [5, 5.41) is 0. The van der Waals surface area contributed by atoms with Crippen LogP contribution in [0.4, 0.5) is 0 Å². The van der Waals surface area contributed by atoms with Gasteiger partial charge in [-0.25, -0.2) is 0 Å². The van der Waals surface area contributed by atoms with Gasteiger partial charge in [0.15, 0.2) is 0 Å². The van der Waals surface area contributed by atoms with Crippen LogP contribution in [0.3, 0.4) is 0 Å². The first-order valence-electron chi connectivity index (χ1n) is 35.4. The van der Waals surface area contributed by atoms with Crippen LogP contribution in [-0.4, -0.2) is 0 Å². The molecule has 0 saturated heterocycles. The Balaban J connectivity index is 0.000000119. The largest absolute Gasteiger partial charge is 0.0645 e. The second-order valence-corrected chi connectivity index (χ2v) is 30.1. The van der Waals surface area contributed by atoms with Gasteiger partial charge in [0.05, 0.1) is 0 Å². The Morgan fingerprint density at radius 2 is 0.473 bits per heavy atom. The zero-order valence-corrected chi connectivity index (χ0v) is 60.9. The van der Waals surface area contributed by atoms with Crippen molar-refractivity contribution in [3.8, 4) is 55.6 Å². The lowest BCUT2D eigenvalue weighted by molar-refractivity contribution is 0.490. The molecular weight excluding hydrogens is 1120 g/mol. The van der Waals surface area contributed by atoms with Crippen molar-refractivity contribution in [2.75, 3.05) is 0 Å². The summed E-state index contributed by atoms with van der Waals surface area (Å²) in [5.74, 6) is 0.598. The number of aryl methyl sites for hydroxylation is 13. The van der Waals surface area contributed by atoms with Gasteiger partial charge in [0.1, 0.15) is 0 Å². The topological polar surface area (TPSA) is 0 Å².